The molecule has 5 nitrogen and oxygen atoms in total. The van der Waals surface area contributed by atoms with Gasteiger partial charge in [-0.05, 0) is 73.1 Å². The smallest absolute Gasteiger partial charge is 0.266 e. The van der Waals surface area contributed by atoms with Gasteiger partial charge in [0.05, 0.1) is 29.3 Å². The molecule has 0 radical (unpaired) electrons. The number of rotatable bonds is 7. The Morgan fingerprint density at radius 2 is 1.93 bits per heavy atom. The predicted octanol–water partition coefficient (Wildman–Crippen LogP) is 5.76. The van der Waals surface area contributed by atoms with Crippen molar-refractivity contribution in [1.29, 1.82) is 0 Å². The van der Waals surface area contributed by atoms with Crippen LogP contribution in [-0.4, -0.2) is 36.2 Å². The Balaban J connectivity index is 1.88. The number of ether oxygens (including phenoxy) is 2. The van der Waals surface area contributed by atoms with Gasteiger partial charge in [0.15, 0.2) is 5.17 Å². The summed E-state index contributed by atoms with van der Waals surface area (Å²) in [7, 11) is 1.57. The first-order valence-corrected chi connectivity index (χ1v) is 10.6. The Morgan fingerprint density at radius 1 is 1.17 bits per heavy atom. The molecule has 0 N–H and O–H groups in total. The highest BCUT2D eigenvalue weighted by molar-refractivity contribution is 8.18. The summed E-state index contributed by atoms with van der Waals surface area (Å²) in [6, 6.07) is 13.0. The highest BCUT2D eigenvalue weighted by Crippen LogP contribution is 2.35. The fourth-order valence-electron chi connectivity index (χ4n) is 2.83. The summed E-state index contributed by atoms with van der Waals surface area (Å²) >= 11 is 7.58. The molecule has 29 heavy (non-hydrogen) atoms. The summed E-state index contributed by atoms with van der Waals surface area (Å²) in [4.78, 5) is 20.0. The van der Waals surface area contributed by atoms with E-state index in [0.717, 1.165) is 23.4 Å². The zero-order valence-corrected chi connectivity index (χ0v) is 18.2. The maximum Gasteiger partial charge on any atom is 0.266 e. The van der Waals surface area contributed by atoms with Crippen LogP contribution in [-0.2, 0) is 4.79 Å². The summed E-state index contributed by atoms with van der Waals surface area (Å²) < 4.78 is 10.7. The van der Waals surface area contributed by atoms with Crippen molar-refractivity contribution in [3.63, 3.8) is 0 Å². The standard InChI is InChI=1S/C22H23ClN2O3S/c1-4-12-25-21(26)20(14-15-6-11-19(27-3)18(23)13-15)29-22(25)24-16-7-9-17(10-8-16)28-5-2/h6-11,13-14H,4-5,12H2,1-3H3. The van der Waals surface area contributed by atoms with Gasteiger partial charge < -0.3 is 9.47 Å². The Morgan fingerprint density at radius 3 is 2.55 bits per heavy atom. The van der Waals surface area contributed by atoms with Gasteiger partial charge in [0, 0.05) is 6.54 Å². The van der Waals surface area contributed by atoms with Crippen molar-refractivity contribution < 1.29 is 14.3 Å². The van der Waals surface area contributed by atoms with E-state index in [-0.39, 0.29) is 5.91 Å². The number of carbonyl (C=O) groups excluding carboxylic acids is 1. The molecule has 1 fully saturated rings. The van der Waals surface area contributed by atoms with Crippen molar-refractivity contribution in [3.05, 3.63) is 58.0 Å². The summed E-state index contributed by atoms with van der Waals surface area (Å²) in [5, 5.41) is 1.18. The lowest BCUT2D eigenvalue weighted by Crippen LogP contribution is -2.29. The fraction of sp³-hybridized carbons (Fsp3) is 0.273. The molecule has 3 rings (SSSR count). The third-order valence-corrected chi connectivity index (χ3v) is 5.48. The van der Waals surface area contributed by atoms with Gasteiger partial charge in [-0.15, -0.1) is 0 Å². The number of methoxy groups -OCH3 is 1. The minimum atomic E-state index is -0.0477. The van der Waals surface area contributed by atoms with Crippen LogP contribution in [0, 0.1) is 0 Å². The molecule has 1 saturated heterocycles. The average molecular weight is 431 g/mol. The lowest BCUT2D eigenvalue weighted by Gasteiger charge is -2.14. The SMILES string of the molecule is CCCN1C(=O)C(=Cc2ccc(OC)c(Cl)c2)SC1=Nc1ccc(OCC)cc1. The lowest BCUT2D eigenvalue weighted by molar-refractivity contribution is -0.122. The Hall–Kier alpha value is -2.44. The van der Waals surface area contributed by atoms with E-state index in [1.807, 2.05) is 50.3 Å². The van der Waals surface area contributed by atoms with Gasteiger partial charge in [-0.1, -0.05) is 24.6 Å². The zero-order chi connectivity index (χ0) is 20.8. The number of carbonyl (C=O) groups is 1. The number of hydrogen-bond acceptors (Lipinski definition) is 5. The Labute approximate surface area is 180 Å². The summed E-state index contributed by atoms with van der Waals surface area (Å²) in [6.07, 6.45) is 2.68. The van der Waals surface area contributed by atoms with Crippen LogP contribution in [0.1, 0.15) is 25.8 Å². The third-order valence-electron chi connectivity index (χ3n) is 4.18. The van der Waals surface area contributed by atoms with Crippen molar-refractivity contribution in [3.8, 4) is 11.5 Å². The number of aliphatic imine (C=N–C) groups is 1. The van der Waals surface area contributed by atoms with Gasteiger partial charge in [0.25, 0.3) is 5.91 Å². The molecular formula is C22H23ClN2O3S. The quantitative estimate of drug-likeness (QED) is 0.524. The lowest BCUT2D eigenvalue weighted by atomic mass is 10.2. The maximum absolute atomic E-state index is 12.9. The van der Waals surface area contributed by atoms with Gasteiger partial charge in [-0.2, -0.15) is 0 Å². The van der Waals surface area contributed by atoms with E-state index in [1.54, 1.807) is 24.1 Å². The molecule has 0 saturated carbocycles. The van der Waals surface area contributed by atoms with E-state index in [1.165, 1.54) is 11.8 Å². The predicted molar refractivity (Wildman–Crippen MR) is 120 cm³/mol. The van der Waals surface area contributed by atoms with E-state index in [0.29, 0.717) is 34.0 Å². The van der Waals surface area contributed by atoms with Crippen LogP contribution in [0.5, 0.6) is 11.5 Å². The van der Waals surface area contributed by atoms with Gasteiger partial charge in [0.2, 0.25) is 0 Å². The van der Waals surface area contributed by atoms with Crippen LogP contribution in [0.15, 0.2) is 52.4 Å². The second kappa shape index (κ2) is 9.85. The van der Waals surface area contributed by atoms with Crippen LogP contribution >= 0.6 is 23.4 Å². The van der Waals surface area contributed by atoms with E-state index in [9.17, 15) is 4.79 Å². The number of amides is 1. The normalized spacial score (nSPS) is 16.7. The minimum absolute atomic E-state index is 0.0477. The van der Waals surface area contributed by atoms with E-state index < -0.39 is 0 Å². The molecule has 1 aliphatic rings. The molecule has 1 amide bonds. The zero-order valence-electron chi connectivity index (χ0n) is 16.6. The maximum atomic E-state index is 12.9. The van der Waals surface area contributed by atoms with Crippen LogP contribution < -0.4 is 9.47 Å². The van der Waals surface area contributed by atoms with Crippen molar-refractivity contribution in [2.24, 2.45) is 4.99 Å². The van der Waals surface area contributed by atoms with Crippen molar-refractivity contribution in [2.45, 2.75) is 20.3 Å². The van der Waals surface area contributed by atoms with Gasteiger partial charge in [-0.25, -0.2) is 4.99 Å². The monoisotopic (exact) mass is 430 g/mol. The second-order valence-electron chi connectivity index (χ2n) is 6.28. The summed E-state index contributed by atoms with van der Waals surface area (Å²) in [6.45, 7) is 5.22. The Kier molecular flexibility index (Phi) is 7.23. The molecule has 1 heterocycles. The van der Waals surface area contributed by atoms with Gasteiger partial charge >= 0.3 is 0 Å². The molecule has 2 aromatic carbocycles. The summed E-state index contributed by atoms with van der Waals surface area (Å²) in [5.74, 6) is 1.35. The third kappa shape index (κ3) is 5.14. The molecule has 1 aliphatic heterocycles. The van der Waals surface area contributed by atoms with E-state index >= 15 is 0 Å². The molecular weight excluding hydrogens is 408 g/mol. The van der Waals surface area contributed by atoms with Crippen LogP contribution in [0.4, 0.5) is 5.69 Å². The molecule has 0 atom stereocenters. The number of benzene rings is 2. The number of hydrogen-bond donors (Lipinski definition) is 0. The largest absolute Gasteiger partial charge is 0.495 e. The number of nitrogens with zero attached hydrogens (tertiary/aromatic N) is 2. The summed E-state index contributed by atoms with van der Waals surface area (Å²) in [5.41, 5.74) is 1.61. The van der Waals surface area contributed by atoms with Gasteiger partial charge in [-0.3, -0.25) is 9.69 Å². The Bertz CT molecular complexity index is 942. The first-order chi connectivity index (χ1) is 14.0. The average Bonchev–Trinajstić information content (AvgIpc) is 2.99. The van der Waals surface area contributed by atoms with Crippen LogP contribution in [0.25, 0.3) is 6.08 Å². The number of halogens is 1. The molecule has 0 aliphatic carbocycles. The topological polar surface area (TPSA) is 51.1 Å². The fourth-order valence-corrected chi connectivity index (χ4v) is 4.12. The molecule has 0 bridgehead atoms. The molecule has 0 aromatic heterocycles. The van der Waals surface area contributed by atoms with Crippen molar-refractivity contribution in [2.75, 3.05) is 20.3 Å². The first kappa shape index (κ1) is 21.3. The molecule has 152 valence electrons. The van der Waals surface area contributed by atoms with Gasteiger partial charge in [0.1, 0.15) is 11.5 Å². The second-order valence-corrected chi connectivity index (χ2v) is 7.70. The molecule has 2 aromatic rings. The molecule has 0 unspecified atom stereocenters. The minimum Gasteiger partial charge on any atom is -0.495 e. The van der Waals surface area contributed by atoms with Crippen molar-refractivity contribution >= 4 is 46.2 Å². The van der Waals surface area contributed by atoms with Crippen LogP contribution in [0.3, 0.4) is 0 Å². The highest BCUT2D eigenvalue weighted by Gasteiger charge is 2.32. The van der Waals surface area contributed by atoms with E-state index in [2.05, 4.69) is 4.99 Å². The van der Waals surface area contributed by atoms with Crippen LogP contribution in [0.2, 0.25) is 5.02 Å². The number of amidine groups is 1. The highest BCUT2D eigenvalue weighted by atomic mass is 35.5. The van der Waals surface area contributed by atoms with Crippen molar-refractivity contribution in [1.82, 2.24) is 4.90 Å². The molecule has 7 heteroatoms. The van der Waals surface area contributed by atoms with E-state index in [4.69, 9.17) is 21.1 Å². The molecule has 0 spiro atoms. The first-order valence-electron chi connectivity index (χ1n) is 9.42. The number of thioether (sulfide) groups is 1.